The molecule has 0 saturated carbocycles. The number of fused-ring (bicyclic) bond motifs is 9. The number of carbonyl (C=O) groups is 4. The Morgan fingerprint density at radius 1 is 0.965 bits per heavy atom. The number of benzene rings is 3. The first-order chi connectivity index (χ1) is 27.4. The Hall–Kier alpha value is -5.07. The molecule has 3 aromatic carbocycles. The van der Waals surface area contributed by atoms with E-state index in [0.717, 1.165) is 84.8 Å². The summed E-state index contributed by atoms with van der Waals surface area (Å²) in [6.07, 6.45) is 4.61. The third-order valence-electron chi connectivity index (χ3n) is 13.9. The molecule has 10 rings (SSSR count). The lowest BCUT2D eigenvalue weighted by Crippen LogP contribution is -2.52. The molecule has 1 atom stereocenters. The molecule has 13 heteroatoms. The monoisotopic (exact) mass is 788 g/mol. The lowest BCUT2D eigenvalue weighted by molar-refractivity contribution is -0.137. The van der Waals surface area contributed by atoms with E-state index < -0.39 is 17.4 Å². The van der Waals surface area contributed by atoms with E-state index in [4.69, 9.17) is 16.3 Å². The molecular formula is C44H45ClN6O6. The van der Waals surface area contributed by atoms with Crippen LogP contribution >= 0.6 is 11.6 Å². The topological polar surface area (TPSA) is 134 Å². The minimum absolute atomic E-state index is 0.185. The van der Waals surface area contributed by atoms with Gasteiger partial charge in [0.2, 0.25) is 17.7 Å². The molecule has 57 heavy (non-hydrogen) atoms. The highest BCUT2D eigenvalue weighted by Gasteiger charge is 2.48. The Morgan fingerprint density at radius 3 is 2.51 bits per heavy atom. The lowest BCUT2D eigenvalue weighted by atomic mass is 9.74. The van der Waals surface area contributed by atoms with Crippen molar-refractivity contribution in [2.75, 3.05) is 39.3 Å². The highest BCUT2D eigenvalue weighted by atomic mass is 35.5. The molecule has 3 fully saturated rings. The molecule has 12 nitrogen and oxygen atoms in total. The zero-order chi connectivity index (χ0) is 39.4. The molecular weight excluding hydrogens is 744 g/mol. The number of hydrogen-bond donors (Lipinski definition) is 1. The number of nitrogens with zero attached hydrogens (tertiary/aromatic N) is 5. The Bertz CT molecular complexity index is 2480. The predicted molar refractivity (Wildman–Crippen MR) is 213 cm³/mol. The van der Waals surface area contributed by atoms with Crippen molar-refractivity contribution in [2.45, 2.75) is 88.1 Å². The van der Waals surface area contributed by atoms with Gasteiger partial charge in [0.15, 0.2) is 0 Å². The summed E-state index contributed by atoms with van der Waals surface area (Å²) in [5.74, 6) is 1.14. The van der Waals surface area contributed by atoms with Crippen LogP contribution in [0.5, 0.6) is 5.75 Å². The van der Waals surface area contributed by atoms with Gasteiger partial charge in [-0.2, -0.15) is 4.98 Å². The summed E-state index contributed by atoms with van der Waals surface area (Å²) < 4.78 is 8.46. The standard InChI is InChI=1S/C44H45ClN6O6/c1-43(2)29-8-6-26(22-34(29)51-32-5-3-4-31(45)37(32)40(55)47-42(43)51)25-12-17-48(18-13-25)19-14-36(53)49-20-15-44(16-21-49)24-57-38-28-23-50(33-10-11-35(52)46-39(33)54)41(56)27(28)7-9-30(38)44/h3-9,22,25,33H,10-21,23-24H2,1-2H3,(H,46,52,54)/t33-/m0/s1. The fourth-order valence-electron chi connectivity index (χ4n) is 10.5. The molecule has 6 aliphatic rings. The van der Waals surface area contributed by atoms with Crippen LogP contribution in [0.3, 0.4) is 0 Å². The lowest BCUT2D eigenvalue weighted by Gasteiger charge is -2.39. The molecule has 0 aliphatic carbocycles. The van der Waals surface area contributed by atoms with E-state index in [1.807, 2.05) is 29.2 Å². The highest BCUT2D eigenvalue weighted by molar-refractivity contribution is 6.35. The number of piperidine rings is 3. The zero-order valence-electron chi connectivity index (χ0n) is 32.2. The number of aromatic nitrogens is 2. The van der Waals surface area contributed by atoms with Gasteiger partial charge in [-0.1, -0.05) is 35.9 Å². The average Bonchev–Trinajstić information content (AvgIpc) is 3.81. The van der Waals surface area contributed by atoms with Crippen LogP contribution in [0.2, 0.25) is 5.02 Å². The number of amides is 4. The van der Waals surface area contributed by atoms with Crippen LogP contribution in [0.4, 0.5) is 0 Å². The van der Waals surface area contributed by atoms with Crippen molar-refractivity contribution in [1.82, 2.24) is 29.6 Å². The van der Waals surface area contributed by atoms with E-state index in [2.05, 4.69) is 51.8 Å². The summed E-state index contributed by atoms with van der Waals surface area (Å²) in [7, 11) is 0. The molecule has 294 valence electrons. The van der Waals surface area contributed by atoms with Crippen molar-refractivity contribution in [3.8, 4) is 11.4 Å². The van der Waals surface area contributed by atoms with Gasteiger partial charge in [0.1, 0.15) is 17.6 Å². The quantitative estimate of drug-likeness (QED) is 0.281. The minimum atomic E-state index is -0.666. The van der Waals surface area contributed by atoms with Crippen molar-refractivity contribution in [1.29, 1.82) is 0 Å². The summed E-state index contributed by atoms with van der Waals surface area (Å²) in [4.78, 5) is 74.7. The molecule has 0 bridgehead atoms. The molecule has 0 radical (unpaired) electrons. The molecule has 1 N–H and O–H groups in total. The van der Waals surface area contributed by atoms with Crippen LogP contribution in [-0.4, -0.2) is 93.3 Å². The first-order valence-corrected chi connectivity index (χ1v) is 20.6. The smallest absolute Gasteiger partial charge is 0.282 e. The van der Waals surface area contributed by atoms with E-state index in [0.29, 0.717) is 54.4 Å². The van der Waals surface area contributed by atoms with Crippen molar-refractivity contribution >= 4 is 46.1 Å². The molecule has 4 amide bonds. The van der Waals surface area contributed by atoms with E-state index in [9.17, 15) is 24.0 Å². The van der Waals surface area contributed by atoms with Crippen LogP contribution in [0, 0.1) is 0 Å². The Balaban J connectivity index is 0.753. The third-order valence-corrected chi connectivity index (χ3v) is 14.2. The summed E-state index contributed by atoms with van der Waals surface area (Å²) >= 11 is 6.50. The van der Waals surface area contributed by atoms with E-state index in [-0.39, 0.29) is 41.7 Å². The predicted octanol–water partition coefficient (Wildman–Crippen LogP) is 4.96. The number of ether oxygens (including phenoxy) is 1. The molecule has 4 aromatic rings. The number of rotatable bonds is 5. The molecule has 3 saturated heterocycles. The van der Waals surface area contributed by atoms with Crippen LogP contribution < -0.4 is 15.6 Å². The number of hydrogen-bond acceptors (Lipinski definition) is 8. The van der Waals surface area contributed by atoms with Gasteiger partial charge in [0.05, 0.1) is 40.2 Å². The van der Waals surface area contributed by atoms with E-state index >= 15 is 0 Å². The van der Waals surface area contributed by atoms with Crippen LogP contribution in [0.15, 0.2) is 53.3 Å². The summed E-state index contributed by atoms with van der Waals surface area (Å²) in [5.41, 5.74) is 5.82. The fourth-order valence-corrected chi connectivity index (χ4v) is 10.8. The second kappa shape index (κ2) is 13.2. The molecule has 7 heterocycles. The second-order valence-electron chi connectivity index (χ2n) is 17.3. The average molecular weight is 789 g/mol. The Morgan fingerprint density at radius 2 is 1.74 bits per heavy atom. The van der Waals surface area contributed by atoms with Crippen molar-refractivity contribution in [2.24, 2.45) is 0 Å². The largest absolute Gasteiger partial charge is 0.492 e. The minimum Gasteiger partial charge on any atom is -0.492 e. The van der Waals surface area contributed by atoms with E-state index in [1.165, 1.54) is 5.56 Å². The normalized spacial score (nSPS) is 22.4. The number of nitrogens with one attached hydrogen (secondary N) is 1. The summed E-state index contributed by atoms with van der Waals surface area (Å²) in [6.45, 7) is 8.94. The highest BCUT2D eigenvalue weighted by Crippen LogP contribution is 2.50. The van der Waals surface area contributed by atoms with Gasteiger partial charge >= 0.3 is 0 Å². The van der Waals surface area contributed by atoms with Crippen molar-refractivity contribution < 1.29 is 23.9 Å². The number of likely N-dealkylation sites (tertiary alicyclic amines) is 2. The van der Waals surface area contributed by atoms with Gasteiger partial charge < -0.3 is 19.4 Å². The Kier molecular flexibility index (Phi) is 8.43. The second-order valence-corrected chi connectivity index (χ2v) is 17.7. The van der Waals surface area contributed by atoms with Gasteiger partial charge in [-0.05, 0) is 100 Å². The first kappa shape index (κ1) is 36.3. The van der Waals surface area contributed by atoms with Crippen LogP contribution in [0.1, 0.15) is 103 Å². The third kappa shape index (κ3) is 5.65. The maximum atomic E-state index is 13.5. The van der Waals surface area contributed by atoms with Gasteiger partial charge in [-0.25, -0.2) is 0 Å². The first-order valence-electron chi connectivity index (χ1n) is 20.2. The van der Waals surface area contributed by atoms with E-state index in [1.54, 1.807) is 11.0 Å². The van der Waals surface area contributed by atoms with Crippen LogP contribution in [0.25, 0.3) is 16.6 Å². The molecule has 0 unspecified atom stereocenters. The summed E-state index contributed by atoms with van der Waals surface area (Å²) in [5, 5.41) is 3.23. The van der Waals surface area contributed by atoms with Gasteiger partial charge in [0.25, 0.3) is 11.5 Å². The summed E-state index contributed by atoms with van der Waals surface area (Å²) in [6, 6.07) is 15.5. The number of imide groups is 1. The van der Waals surface area contributed by atoms with Crippen LogP contribution in [-0.2, 0) is 31.8 Å². The van der Waals surface area contributed by atoms with Gasteiger partial charge in [-0.15, -0.1) is 0 Å². The molecule has 1 spiro atoms. The van der Waals surface area contributed by atoms with Gasteiger partial charge in [-0.3, -0.25) is 33.9 Å². The fraction of sp³-hybridized carbons (Fsp3) is 0.455. The van der Waals surface area contributed by atoms with Crippen molar-refractivity contribution in [3.05, 3.63) is 97.5 Å². The zero-order valence-corrected chi connectivity index (χ0v) is 33.0. The molecule has 6 aliphatic heterocycles. The number of carbonyl (C=O) groups excluding carboxylic acids is 4. The SMILES string of the molecule is CC1(C)c2ccc(C3CCN(CCC(=O)N4CCC5(CC4)COc4c5ccc5c4CN([C@H]4CCC(=O)NC4=O)C5=O)CC3)cc2-n2c1nc(=O)c1c(Cl)cccc12. The number of halogens is 1. The maximum absolute atomic E-state index is 13.5. The van der Waals surface area contributed by atoms with Gasteiger partial charge in [0, 0.05) is 54.6 Å². The van der Waals surface area contributed by atoms with Crippen molar-refractivity contribution in [3.63, 3.8) is 0 Å². The molecule has 1 aromatic heterocycles. The maximum Gasteiger partial charge on any atom is 0.282 e. The Labute approximate surface area is 335 Å².